The van der Waals surface area contributed by atoms with Crippen LogP contribution < -0.4 is 0 Å². The molecule has 2 fully saturated rings. The summed E-state index contributed by atoms with van der Waals surface area (Å²) in [7, 11) is -0.820. The Hall–Kier alpha value is -0.420. The predicted octanol–water partition coefficient (Wildman–Crippen LogP) is 0.865. The summed E-state index contributed by atoms with van der Waals surface area (Å²) in [5.41, 5.74) is 0. The van der Waals surface area contributed by atoms with Crippen LogP contribution in [0.4, 0.5) is 0 Å². The van der Waals surface area contributed by atoms with Gasteiger partial charge in [0.1, 0.15) is 5.78 Å². The monoisotopic (exact) mass is 259 g/mol. The SMILES string of the molecule is CN(CCC1CCCC1=O)C1CCS(=O)(=O)C1. The van der Waals surface area contributed by atoms with Crippen LogP contribution in [-0.2, 0) is 14.6 Å². The lowest BCUT2D eigenvalue weighted by atomic mass is 10.0. The summed E-state index contributed by atoms with van der Waals surface area (Å²) in [6, 6.07) is 0.163. The largest absolute Gasteiger partial charge is 0.302 e. The van der Waals surface area contributed by atoms with E-state index in [0.29, 0.717) is 17.3 Å². The van der Waals surface area contributed by atoms with E-state index in [9.17, 15) is 13.2 Å². The molecule has 2 atom stereocenters. The van der Waals surface area contributed by atoms with E-state index in [4.69, 9.17) is 0 Å². The van der Waals surface area contributed by atoms with Crippen LogP contribution in [0.1, 0.15) is 32.1 Å². The fourth-order valence-corrected chi connectivity index (χ4v) is 4.66. The minimum atomic E-state index is -2.80. The van der Waals surface area contributed by atoms with Crippen molar-refractivity contribution < 1.29 is 13.2 Å². The maximum Gasteiger partial charge on any atom is 0.151 e. The zero-order valence-corrected chi connectivity index (χ0v) is 11.2. The summed E-state index contributed by atoms with van der Waals surface area (Å²) in [4.78, 5) is 13.6. The summed E-state index contributed by atoms with van der Waals surface area (Å²) in [6.07, 6.45) is 4.44. The molecule has 5 heteroatoms. The van der Waals surface area contributed by atoms with Gasteiger partial charge in [-0.2, -0.15) is 0 Å². The molecule has 1 aliphatic heterocycles. The average molecular weight is 259 g/mol. The van der Waals surface area contributed by atoms with Gasteiger partial charge < -0.3 is 4.90 Å². The molecule has 0 aromatic rings. The first kappa shape index (κ1) is 13.0. The number of sulfone groups is 1. The van der Waals surface area contributed by atoms with E-state index in [1.54, 1.807) is 0 Å². The number of Topliss-reactive ketones (excluding diaryl/α,β-unsaturated/α-hetero) is 1. The second kappa shape index (κ2) is 5.06. The molecule has 2 rings (SSSR count). The van der Waals surface area contributed by atoms with E-state index in [1.165, 1.54) is 0 Å². The molecule has 0 spiro atoms. The molecule has 2 aliphatic rings. The molecule has 0 radical (unpaired) electrons. The Labute approximate surface area is 103 Å². The van der Waals surface area contributed by atoms with E-state index in [2.05, 4.69) is 4.90 Å². The van der Waals surface area contributed by atoms with Crippen molar-refractivity contribution in [1.82, 2.24) is 4.90 Å². The number of nitrogens with zero attached hydrogens (tertiary/aromatic N) is 1. The Morgan fingerprint density at radius 3 is 2.65 bits per heavy atom. The Balaban J connectivity index is 1.78. The van der Waals surface area contributed by atoms with Gasteiger partial charge in [0.15, 0.2) is 9.84 Å². The van der Waals surface area contributed by atoms with Gasteiger partial charge in [-0.3, -0.25) is 4.79 Å². The number of carbonyl (C=O) groups excluding carboxylic acids is 1. The lowest BCUT2D eigenvalue weighted by Crippen LogP contribution is -2.34. The van der Waals surface area contributed by atoms with Crippen LogP contribution in [-0.4, -0.2) is 50.2 Å². The second-order valence-corrected chi connectivity index (χ2v) is 7.61. The van der Waals surface area contributed by atoms with Crippen LogP contribution in [0.25, 0.3) is 0 Å². The first-order valence-electron chi connectivity index (χ1n) is 6.41. The molecule has 4 nitrogen and oxygen atoms in total. The minimum absolute atomic E-state index is 0.163. The molecule has 0 N–H and O–H groups in total. The molecule has 2 unspecified atom stereocenters. The number of ketones is 1. The van der Waals surface area contributed by atoms with Crippen molar-refractivity contribution in [2.45, 2.75) is 38.1 Å². The van der Waals surface area contributed by atoms with Crippen molar-refractivity contribution >= 4 is 15.6 Å². The van der Waals surface area contributed by atoms with Gasteiger partial charge in [-0.15, -0.1) is 0 Å². The van der Waals surface area contributed by atoms with Gasteiger partial charge in [-0.1, -0.05) is 0 Å². The van der Waals surface area contributed by atoms with E-state index >= 15 is 0 Å². The summed E-state index contributed by atoms with van der Waals surface area (Å²) in [5, 5.41) is 0. The van der Waals surface area contributed by atoms with Gasteiger partial charge in [0.05, 0.1) is 11.5 Å². The number of rotatable bonds is 4. The number of hydrogen-bond acceptors (Lipinski definition) is 4. The quantitative estimate of drug-likeness (QED) is 0.751. The zero-order chi connectivity index (χ0) is 12.5. The van der Waals surface area contributed by atoms with E-state index in [-0.39, 0.29) is 12.0 Å². The number of carbonyl (C=O) groups is 1. The molecule has 0 aromatic heterocycles. The Kier molecular flexibility index (Phi) is 3.88. The molecule has 0 bridgehead atoms. The van der Waals surface area contributed by atoms with Crippen molar-refractivity contribution in [3.05, 3.63) is 0 Å². The lowest BCUT2D eigenvalue weighted by molar-refractivity contribution is -0.120. The van der Waals surface area contributed by atoms with E-state index in [1.807, 2.05) is 7.05 Å². The average Bonchev–Trinajstić information content (AvgIpc) is 2.81. The highest BCUT2D eigenvalue weighted by Gasteiger charge is 2.31. The molecule has 0 amide bonds. The van der Waals surface area contributed by atoms with Crippen LogP contribution in [0.2, 0.25) is 0 Å². The van der Waals surface area contributed by atoms with Crippen LogP contribution in [0.15, 0.2) is 0 Å². The van der Waals surface area contributed by atoms with Crippen LogP contribution in [0.3, 0.4) is 0 Å². The first-order valence-corrected chi connectivity index (χ1v) is 8.23. The highest BCUT2D eigenvalue weighted by molar-refractivity contribution is 7.91. The van der Waals surface area contributed by atoms with Crippen LogP contribution in [0.5, 0.6) is 0 Å². The molecule has 17 heavy (non-hydrogen) atoms. The molecule has 1 saturated heterocycles. The van der Waals surface area contributed by atoms with Gasteiger partial charge in [-0.25, -0.2) is 8.42 Å². The van der Waals surface area contributed by atoms with Crippen molar-refractivity contribution in [3.63, 3.8) is 0 Å². The first-order chi connectivity index (χ1) is 7.98. The van der Waals surface area contributed by atoms with Gasteiger partial charge >= 0.3 is 0 Å². The third-order valence-electron chi connectivity index (χ3n) is 4.09. The summed E-state index contributed by atoms with van der Waals surface area (Å²) < 4.78 is 22.8. The molecule has 1 aliphatic carbocycles. The van der Waals surface area contributed by atoms with E-state index in [0.717, 1.165) is 38.6 Å². The van der Waals surface area contributed by atoms with Crippen molar-refractivity contribution in [2.75, 3.05) is 25.1 Å². The fourth-order valence-electron chi connectivity index (χ4n) is 2.86. The smallest absolute Gasteiger partial charge is 0.151 e. The molecule has 98 valence electrons. The number of hydrogen-bond donors (Lipinski definition) is 0. The highest BCUT2D eigenvalue weighted by Crippen LogP contribution is 2.25. The van der Waals surface area contributed by atoms with Crippen molar-refractivity contribution in [3.8, 4) is 0 Å². The van der Waals surface area contributed by atoms with Crippen LogP contribution >= 0.6 is 0 Å². The Morgan fingerprint density at radius 2 is 2.12 bits per heavy atom. The van der Waals surface area contributed by atoms with E-state index < -0.39 is 9.84 Å². The maximum absolute atomic E-state index is 11.5. The topological polar surface area (TPSA) is 54.5 Å². The lowest BCUT2D eigenvalue weighted by Gasteiger charge is -2.24. The summed E-state index contributed by atoms with van der Waals surface area (Å²) in [6.45, 7) is 0.844. The maximum atomic E-state index is 11.5. The van der Waals surface area contributed by atoms with Gasteiger partial charge in [-0.05, 0) is 39.3 Å². The Bertz CT molecular complexity index is 391. The molecular formula is C12H21NO3S. The Morgan fingerprint density at radius 1 is 1.35 bits per heavy atom. The predicted molar refractivity (Wildman–Crippen MR) is 66.7 cm³/mol. The molecular weight excluding hydrogens is 238 g/mol. The molecule has 1 heterocycles. The minimum Gasteiger partial charge on any atom is -0.302 e. The van der Waals surface area contributed by atoms with Crippen molar-refractivity contribution in [2.24, 2.45) is 5.92 Å². The summed E-state index contributed by atoms with van der Waals surface area (Å²) >= 11 is 0. The standard InChI is InChI=1S/C12H21NO3S/c1-13(11-6-8-17(15,16)9-11)7-5-10-3-2-4-12(10)14/h10-11H,2-9H2,1H3. The second-order valence-electron chi connectivity index (χ2n) is 5.38. The fraction of sp³-hybridized carbons (Fsp3) is 0.917. The van der Waals surface area contributed by atoms with Gasteiger partial charge in [0.2, 0.25) is 0 Å². The normalized spacial score (nSPS) is 32.5. The third-order valence-corrected chi connectivity index (χ3v) is 5.84. The molecule has 1 saturated carbocycles. The molecule has 0 aromatic carbocycles. The van der Waals surface area contributed by atoms with Gasteiger partial charge in [0.25, 0.3) is 0 Å². The third kappa shape index (κ3) is 3.28. The zero-order valence-electron chi connectivity index (χ0n) is 10.4. The highest BCUT2D eigenvalue weighted by atomic mass is 32.2. The van der Waals surface area contributed by atoms with Gasteiger partial charge in [0, 0.05) is 18.4 Å². The van der Waals surface area contributed by atoms with Crippen molar-refractivity contribution in [1.29, 1.82) is 0 Å². The van der Waals surface area contributed by atoms with Crippen LogP contribution in [0, 0.1) is 5.92 Å². The summed E-state index contributed by atoms with van der Waals surface area (Å²) in [5.74, 6) is 1.25.